The fraction of sp³-hybridized carbons (Fsp3) is 0.348. The zero-order valence-electron chi connectivity index (χ0n) is 17.9. The molecule has 1 N–H and O–H groups in total. The van der Waals surface area contributed by atoms with E-state index in [1.165, 1.54) is 5.56 Å². The van der Waals surface area contributed by atoms with Gasteiger partial charge < -0.3 is 10.1 Å². The molecule has 6 nitrogen and oxygen atoms in total. The molecule has 2 aromatic carbocycles. The lowest BCUT2D eigenvalue weighted by Crippen LogP contribution is -2.31. The van der Waals surface area contributed by atoms with Gasteiger partial charge >= 0.3 is 0 Å². The summed E-state index contributed by atoms with van der Waals surface area (Å²) in [5.74, 6) is 1.46. The Bertz CT molecular complexity index is 968. The highest BCUT2D eigenvalue weighted by atomic mass is 32.2. The Morgan fingerprint density at radius 1 is 1.13 bits per heavy atom. The average Bonchev–Trinajstić information content (AvgIpc) is 3.16. The molecule has 0 spiro atoms. The third-order valence-electron chi connectivity index (χ3n) is 4.84. The molecule has 0 saturated carbocycles. The normalized spacial score (nSPS) is 12.0. The number of nitrogens with zero attached hydrogens (tertiary/aromatic N) is 3. The van der Waals surface area contributed by atoms with E-state index in [0.29, 0.717) is 12.2 Å². The fourth-order valence-electron chi connectivity index (χ4n) is 2.88. The molecule has 0 radical (unpaired) electrons. The second-order valence-corrected chi connectivity index (χ2v) is 8.21. The van der Waals surface area contributed by atoms with Crippen LogP contribution in [0.5, 0.6) is 0 Å². The van der Waals surface area contributed by atoms with Crippen LogP contribution in [-0.4, -0.2) is 33.8 Å². The van der Waals surface area contributed by atoms with E-state index >= 15 is 0 Å². The van der Waals surface area contributed by atoms with Crippen LogP contribution in [0, 0.1) is 6.92 Å². The molecule has 0 aliphatic heterocycles. The summed E-state index contributed by atoms with van der Waals surface area (Å²) in [5, 5.41) is 12.5. The van der Waals surface area contributed by atoms with E-state index in [0.717, 1.165) is 34.4 Å². The minimum Gasteiger partial charge on any atom is -0.377 e. The van der Waals surface area contributed by atoms with Crippen molar-refractivity contribution in [1.82, 2.24) is 20.1 Å². The number of aryl methyl sites for hydroxylation is 1. The van der Waals surface area contributed by atoms with Gasteiger partial charge in [-0.15, -0.1) is 10.2 Å². The van der Waals surface area contributed by atoms with Gasteiger partial charge in [0.05, 0.1) is 0 Å². The van der Waals surface area contributed by atoms with Crippen LogP contribution in [0.2, 0.25) is 0 Å². The molecule has 1 aromatic heterocycles. The van der Waals surface area contributed by atoms with E-state index in [1.807, 2.05) is 35.8 Å². The Morgan fingerprint density at radius 2 is 1.83 bits per heavy atom. The molecule has 30 heavy (non-hydrogen) atoms. The Morgan fingerprint density at radius 3 is 2.47 bits per heavy atom. The maximum atomic E-state index is 12.2. The van der Waals surface area contributed by atoms with Gasteiger partial charge in [-0.3, -0.25) is 9.36 Å². The summed E-state index contributed by atoms with van der Waals surface area (Å²) in [5.41, 5.74) is 4.00. The molecule has 0 saturated heterocycles. The van der Waals surface area contributed by atoms with Crippen LogP contribution < -0.4 is 5.32 Å². The first-order valence-electron chi connectivity index (χ1n) is 10.0. The molecule has 3 rings (SSSR count). The first-order valence-corrected chi connectivity index (χ1v) is 11.0. The van der Waals surface area contributed by atoms with Crippen molar-refractivity contribution in [2.75, 3.05) is 7.11 Å². The topological polar surface area (TPSA) is 69.0 Å². The number of amides is 1. The van der Waals surface area contributed by atoms with E-state index in [-0.39, 0.29) is 11.9 Å². The summed E-state index contributed by atoms with van der Waals surface area (Å²) in [4.78, 5) is 12.2. The van der Waals surface area contributed by atoms with Crippen molar-refractivity contribution in [1.29, 1.82) is 0 Å². The molecule has 1 heterocycles. The highest BCUT2D eigenvalue weighted by Crippen LogP contribution is 2.26. The lowest BCUT2D eigenvalue weighted by molar-refractivity contribution is 0.0939. The SMILES string of the molecule is CC[C@H](C)NC(=O)c1ccc(CSc2nnc(COC)n2-c2ccc(C)cc2)cc1. The monoisotopic (exact) mass is 424 g/mol. The number of nitrogens with one attached hydrogen (secondary N) is 1. The number of carbonyl (C=O) groups is 1. The van der Waals surface area contributed by atoms with Crippen molar-refractivity contribution in [3.63, 3.8) is 0 Å². The maximum Gasteiger partial charge on any atom is 0.251 e. The summed E-state index contributed by atoms with van der Waals surface area (Å²) < 4.78 is 7.32. The van der Waals surface area contributed by atoms with Crippen molar-refractivity contribution in [2.45, 2.75) is 50.8 Å². The smallest absolute Gasteiger partial charge is 0.251 e. The van der Waals surface area contributed by atoms with E-state index in [2.05, 4.69) is 53.6 Å². The second kappa shape index (κ2) is 10.4. The van der Waals surface area contributed by atoms with Crippen molar-refractivity contribution in [3.05, 3.63) is 71.0 Å². The first kappa shape index (κ1) is 22.1. The zero-order chi connectivity index (χ0) is 21.5. The summed E-state index contributed by atoms with van der Waals surface area (Å²) in [6, 6.07) is 16.2. The van der Waals surface area contributed by atoms with Crippen LogP contribution >= 0.6 is 11.8 Å². The lowest BCUT2D eigenvalue weighted by Gasteiger charge is -2.12. The van der Waals surface area contributed by atoms with Crippen molar-refractivity contribution in [2.24, 2.45) is 0 Å². The predicted octanol–water partition coefficient (Wildman–Crippen LogP) is 4.54. The molecule has 0 aliphatic rings. The van der Waals surface area contributed by atoms with Gasteiger partial charge in [0.15, 0.2) is 11.0 Å². The maximum absolute atomic E-state index is 12.2. The molecule has 0 unspecified atom stereocenters. The number of methoxy groups -OCH3 is 1. The van der Waals surface area contributed by atoms with E-state index in [4.69, 9.17) is 4.74 Å². The predicted molar refractivity (Wildman–Crippen MR) is 120 cm³/mol. The zero-order valence-corrected chi connectivity index (χ0v) is 18.7. The number of thioether (sulfide) groups is 1. The number of benzene rings is 2. The standard InChI is InChI=1S/C23H28N4O2S/c1-5-17(3)24-22(28)19-10-8-18(9-11-19)15-30-23-26-25-21(14-29-4)27(23)20-12-6-16(2)7-13-20/h6-13,17H,5,14-15H2,1-4H3,(H,24,28)/t17-/m0/s1. The lowest BCUT2D eigenvalue weighted by atomic mass is 10.1. The minimum atomic E-state index is -0.0353. The fourth-order valence-corrected chi connectivity index (χ4v) is 3.81. The van der Waals surface area contributed by atoms with Crippen LogP contribution in [0.1, 0.15) is 47.6 Å². The van der Waals surface area contributed by atoms with Gasteiger partial charge in [-0.1, -0.05) is 48.5 Å². The van der Waals surface area contributed by atoms with Crippen molar-refractivity contribution in [3.8, 4) is 5.69 Å². The first-order chi connectivity index (χ1) is 14.5. The van der Waals surface area contributed by atoms with Gasteiger partial charge in [-0.2, -0.15) is 0 Å². The van der Waals surface area contributed by atoms with Gasteiger partial charge in [0, 0.05) is 30.2 Å². The summed E-state index contributed by atoms with van der Waals surface area (Å²) >= 11 is 1.61. The van der Waals surface area contributed by atoms with Gasteiger partial charge in [0.1, 0.15) is 6.61 Å². The summed E-state index contributed by atoms with van der Waals surface area (Å²) in [6.07, 6.45) is 0.910. The Hall–Kier alpha value is -2.64. The Labute approximate surface area is 182 Å². The molecule has 0 fully saturated rings. The minimum absolute atomic E-state index is 0.0353. The van der Waals surface area contributed by atoms with Crippen LogP contribution in [0.15, 0.2) is 53.7 Å². The Kier molecular flexibility index (Phi) is 7.65. The quantitative estimate of drug-likeness (QED) is 0.511. The van der Waals surface area contributed by atoms with E-state index < -0.39 is 0 Å². The van der Waals surface area contributed by atoms with Crippen LogP contribution in [0.25, 0.3) is 5.69 Å². The third-order valence-corrected chi connectivity index (χ3v) is 5.84. The van der Waals surface area contributed by atoms with Gasteiger partial charge in [0.25, 0.3) is 5.91 Å². The number of carbonyl (C=O) groups excluding carboxylic acids is 1. The molecule has 1 amide bonds. The summed E-state index contributed by atoms with van der Waals surface area (Å²) in [7, 11) is 1.65. The van der Waals surface area contributed by atoms with Gasteiger partial charge in [0.2, 0.25) is 0 Å². The van der Waals surface area contributed by atoms with Crippen molar-refractivity contribution < 1.29 is 9.53 Å². The molecular weight excluding hydrogens is 396 g/mol. The van der Waals surface area contributed by atoms with E-state index in [1.54, 1.807) is 18.9 Å². The van der Waals surface area contributed by atoms with Crippen LogP contribution in [0.4, 0.5) is 0 Å². The molecule has 3 aromatic rings. The Balaban J connectivity index is 1.73. The molecule has 158 valence electrons. The molecular formula is C23H28N4O2S. The van der Waals surface area contributed by atoms with Crippen molar-refractivity contribution >= 4 is 17.7 Å². The molecule has 1 atom stereocenters. The number of aromatic nitrogens is 3. The molecule has 0 aliphatic carbocycles. The number of hydrogen-bond donors (Lipinski definition) is 1. The number of hydrogen-bond acceptors (Lipinski definition) is 5. The third kappa shape index (κ3) is 5.49. The summed E-state index contributed by atoms with van der Waals surface area (Å²) in [6.45, 7) is 6.51. The molecule has 7 heteroatoms. The number of ether oxygens (including phenoxy) is 1. The number of rotatable bonds is 9. The van der Waals surface area contributed by atoms with Gasteiger partial charge in [-0.05, 0) is 50.1 Å². The largest absolute Gasteiger partial charge is 0.377 e. The average molecular weight is 425 g/mol. The molecule has 0 bridgehead atoms. The second-order valence-electron chi connectivity index (χ2n) is 7.27. The van der Waals surface area contributed by atoms with E-state index in [9.17, 15) is 4.79 Å². The highest BCUT2D eigenvalue weighted by molar-refractivity contribution is 7.98. The highest BCUT2D eigenvalue weighted by Gasteiger charge is 2.15. The van der Waals surface area contributed by atoms with Crippen LogP contribution in [-0.2, 0) is 17.1 Å². The van der Waals surface area contributed by atoms with Gasteiger partial charge in [-0.25, -0.2) is 0 Å². The van der Waals surface area contributed by atoms with Crippen LogP contribution in [0.3, 0.4) is 0 Å².